The molecule has 10 heteroatoms. The van der Waals surface area contributed by atoms with Gasteiger partial charge in [0.15, 0.2) is 17.5 Å². The molecule has 5 nitrogen and oxygen atoms in total. The lowest BCUT2D eigenvalue weighted by atomic mass is 10.2. The number of carbonyl (C=O) groups is 1. The number of halogens is 4. The number of nitrogens with zero attached hydrogens (tertiary/aromatic N) is 1. The Bertz CT molecular complexity index is 980. The van der Waals surface area contributed by atoms with Crippen LogP contribution in [0, 0.1) is 17.5 Å². The highest BCUT2D eigenvalue weighted by Gasteiger charge is 2.24. The van der Waals surface area contributed by atoms with E-state index in [9.17, 15) is 26.4 Å². The van der Waals surface area contributed by atoms with Crippen LogP contribution in [0.1, 0.15) is 24.2 Å². The molecule has 146 valence electrons. The smallest absolute Gasteiger partial charge is 0.257 e. The van der Waals surface area contributed by atoms with Crippen molar-refractivity contribution in [3.63, 3.8) is 0 Å². The highest BCUT2D eigenvalue weighted by molar-refractivity contribution is 7.89. The van der Waals surface area contributed by atoms with Crippen molar-refractivity contribution in [2.24, 2.45) is 0 Å². The first-order valence-corrected chi connectivity index (χ1v) is 9.69. The summed E-state index contributed by atoms with van der Waals surface area (Å²) in [5, 5.41) is 1.97. The highest BCUT2D eigenvalue weighted by atomic mass is 35.5. The quantitative estimate of drug-likeness (QED) is 0.717. The van der Waals surface area contributed by atoms with Crippen LogP contribution < -0.4 is 5.32 Å². The average Bonchev–Trinajstić information content (AvgIpc) is 2.63. The molecule has 1 amide bonds. The van der Waals surface area contributed by atoms with Crippen LogP contribution in [0.15, 0.2) is 35.2 Å². The van der Waals surface area contributed by atoms with Gasteiger partial charge in [-0.05, 0) is 30.3 Å². The first kappa shape index (κ1) is 21.2. The van der Waals surface area contributed by atoms with Gasteiger partial charge in [0.05, 0.1) is 21.2 Å². The van der Waals surface area contributed by atoms with Crippen LogP contribution in [0.4, 0.5) is 18.9 Å². The first-order chi connectivity index (χ1) is 12.6. The van der Waals surface area contributed by atoms with E-state index in [1.807, 2.05) is 0 Å². The maximum absolute atomic E-state index is 13.7. The van der Waals surface area contributed by atoms with Crippen LogP contribution in [-0.4, -0.2) is 31.7 Å². The average molecular weight is 421 g/mol. The van der Waals surface area contributed by atoms with Crippen molar-refractivity contribution in [1.29, 1.82) is 0 Å². The van der Waals surface area contributed by atoms with Gasteiger partial charge < -0.3 is 5.32 Å². The third-order valence-corrected chi connectivity index (χ3v) is 6.18. The fourth-order valence-corrected chi connectivity index (χ4v) is 4.05. The molecule has 27 heavy (non-hydrogen) atoms. The van der Waals surface area contributed by atoms with Gasteiger partial charge in [-0.3, -0.25) is 4.79 Å². The van der Waals surface area contributed by atoms with E-state index in [4.69, 9.17) is 11.6 Å². The monoisotopic (exact) mass is 420 g/mol. The fourth-order valence-electron chi connectivity index (χ4n) is 2.36. The lowest BCUT2D eigenvalue weighted by Gasteiger charge is -2.19. The molecule has 0 saturated heterocycles. The van der Waals surface area contributed by atoms with Crippen LogP contribution in [0.2, 0.25) is 5.02 Å². The number of hydrogen-bond acceptors (Lipinski definition) is 3. The Balaban J connectivity index is 2.42. The molecule has 0 heterocycles. The number of benzene rings is 2. The van der Waals surface area contributed by atoms with Crippen molar-refractivity contribution >= 4 is 33.2 Å². The van der Waals surface area contributed by atoms with Crippen molar-refractivity contribution in [1.82, 2.24) is 4.31 Å². The van der Waals surface area contributed by atoms with E-state index in [1.54, 1.807) is 13.8 Å². The Hall–Kier alpha value is -2.10. The van der Waals surface area contributed by atoms with Gasteiger partial charge in [0.2, 0.25) is 10.0 Å². The largest absolute Gasteiger partial charge is 0.319 e. The molecule has 0 radical (unpaired) electrons. The second kappa shape index (κ2) is 8.28. The van der Waals surface area contributed by atoms with Crippen LogP contribution in [0.5, 0.6) is 0 Å². The Labute approximate surface area is 159 Å². The minimum atomic E-state index is -3.86. The Morgan fingerprint density at radius 1 is 1.07 bits per heavy atom. The van der Waals surface area contributed by atoms with Crippen molar-refractivity contribution in [2.45, 2.75) is 18.7 Å². The van der Waals surface area contributed by atoms with Gasteiger partial charge in [0.1, 0.15) is 0 Å². The van der Waals surface area contributed by atoms with Crippen molar-refractivity contribution in [2.75, 3.05) is 18.4 Å². The van der Waals surface area contributed by atoms with Crippen molar-refractivity contribution in [3.05, 3.63) is 58.4 Å². The second-order valence-electron chi connectivity index (χ2n) is 5.41. The summed E-state index contributed by atoms with van der Waals surface area (Å²) in [6, 6.07) is 5.00. The normalized spacial score (nSPS) is 11.7. The molecule has 0 saturated carbocycles. The number of carbonyl (C=O) groups excluding carboxylic acids is 1. The maximum atomic E-state index is 13.7. The minimum Gasteiger partial charge on any atom is -0.319 e. The van der Waals surface area contributed by atoms with E-state index >= 15 is 0 Å². The fraction of sp³-hybridized carbons (Fsp3) is 0.235. The predicted octanol–water partition coefficient (Wildman–Crippen LogP) is 4.04. The molecule has 0 aliphatic heterocycles. The van der Waals surface area contributed by atoms with Crippen LogP contribution in [0.25, 0.3) is 0 Å². The summed E-state index contributed by atoms with van der Waals surface area (Å²) < 4.78 is 66.4. The van der Waals surface area contributed by atoms with Gasteiger partial charge in [-0.15, -0.1) is 0 Å². The molecule has 0 fully saturated rings. The summed E-state index contributed by atoms with van der Waals surface area (Å²) >= 11 is 5.95. The summed E-state index contributed by atoms with van der Waals surface area (Å²) in [6.07, 6.45) is 0. The Morgan fingerprint density at radius 3 is 2.30 bits per heavy atom. The third-order valence-electron chi connectivity index (χ3n) is 3.81. The number of amides is 1. The second-order valence-corrected chi connectivity index (χ2v) is 7.75. The Morgan fingerprint density at radius 2 is 1.70 bits per heavy atom. The number of sulfonamides is 1. The number of anilines is 1. The highest BCUT2D eigenvalue weighted by Crippen LogP contribution is 2.25. The molecule has 0 unspecified atom stereocenters. The van der Waals surface area contributed by atoms with Crippen LogP contribution >= 0.6 is 11.6 Å². The summed E-state index contributed by atoms with van der Waals surface area (Å²) in [5.74, 6) is -5.69. The van der Waals surface area contributed by atoms with E-state index in [-0.39, 0.29) is 28.6 Å². The van der Waals surface area contributed by atoms with Crippen molar-refractivity contribution in [3.8, 4) is 0 Å². The topological polar surface area (TPSA) is 66.5 Å². The number of hydrogen-bond donors (Lipinski definition) is 1. The molecule has 0 bridgehead atoms. The van der Waals surface area contributed by atoms with Gasteiger partial charge in [-0.2, -0.15) is 4.31 Å². The first-order valence-electron chi connectivity index (χ1n) is 7.88. The van der Waals surface area contributed by atoms with Crippen LogP contribution in [0.3, 0.4) is 0 Å². The lowest BCUT2D eigenvalue weighted by molar-refractivity contribution is 0.102. The van der Waals surface area contributed by atoms with Gasteiger partial charge in [0, 0.05) is 13.1 Å². The van der Waals surface area contributed by atoms with E-state index in [0.717, 1.165) is 12.1 Å². The van der Waals surface area contributed by atoms with Gasteiger partial charge >= 0.3 is 0 Å². The zero-order valence-corrected chi connectivity index (χ0v) is 16.0. The SMILES string of the molecule is CCN(CC)S(=O)(=O)c1ccc(Cl)c(C(=O)Nc2ccc(F)c(F)c2F)c1. The van der Waals surface area contributed by atoms with E-state index in [0.29, 0.717) is 6.07 Å². The summed E-state index contributed by atoms with van der Waals surface area (Å²) in [5.41, 5.74) is -0.860. The number of rotatable bonds is 6. The molecule has 2 aromatic rings. The van der Waals surface area contributed by atoms with Gasteiger partial charge in [0.25, 0.3) is 5.91 Å². The summed E-state index contributed by atoms with van der Waals surface area (Å²) in [6.45, 7) is 3.78. The van der Waals surface area contributed by atoms with Gasteiger partial charge in [-0.1, -0.05) is 25.4 Å². The van der Waals surface area contributed by atoms with Gasteiger partial charge in [-0.25, -0.2) is 21.6 Å². The molecule has 1 N–H and O–H groups in total. The molecule has 0 aromatic heterocycles. The lowest BCUT2D eigenvalue weighted by Crippen LogP contribution is -2.30. The van der Waals surface area contributed by atoms with E-state index in [2.05, 4.69) is 5.32 Å². The zero-order chi connectivity index (χ0) is 20.4. The predicted molar refractivity (Wildman–Crippen MR) is 95.8 cm³/mol. The molecular formula is C17H16ClF3N2O3S. The summed E-state index contributed by atoms with van der Waals surface area (Å²) in [7, 11) is -3.86. The molecule has 0 aliphatic rings. The van der Waals surface area contributed by atoms with Crippen molar-refractivity contribution < 1.29 is 26.4 Å². The molecule has 0 atom stereocenters. The van der Waals surface area contributed by atoms with Crippen LogP contribution in [-0.2, 0) is 10.0 Å². The third kappa shape index (κ3) is 4.26. The van der Waals surface area contributed by atoms with E-state index in [1.165, 1.54) is 16.4 Å². The summed E-state index contributed by atoms with van der Waals surface area (Å²) in [4.78, 5) is 12.2. The molecular weight excluding hydrogens is 405 g/mol. The zero-order valence-electron chi connectivity index (χ0n) is 14.4. The van der Waals surface area contributed by atoms with E-state index < -0.39 is 39.1 Å². The molecule has 2 aromatic carbocycles. The molecule has 0 spiro atoms. The molecule has 2 rings (SSSR count). The maximum Gasteiger partial charge on any atom is 0.257 e. The standard InChI is InChI=1S/C17H16ClF3N2O3S/c1-3-23(4-2)27(25,26)10-5-6-12(18)11(9-10)17(24)22-14-8-7-13(19)15(20)16(14)21/h5-9H,3-4H2,1-2H3,(H,22,24). The minimum absolute atomic E-state index is 0.0889. The number of nitrogens with one attached hydrogen (secondary N) is 1. The molecule has 0 aliphatic carbocycles. The Kier molecular flexibility index (Phi) is 6.50.